The summed E-state index contributed by atoms with van der Waals surface area (Å²) in [7, 11) is 0. The fourth-order valence-electron chi connectivity index (χ4n) is 3.59. The van der Waals surface area contributed by atoms with E-state index in [1.807, 2.05) is 24.3 Å². The zero-order valence-corrected chi connectivity index (χ0v) is 10.8. The predicted molar refractivity (Wildman–Crippen MR) is 69.6 cm³/mol. The molecule has 0 radical (unpaired) electrons. The number of carbonyl (C=O) groups is 2. The predicted octanol–water partition coefficient (Wildman–Crippen LogP) is 0.506. The first-order chi connectivity index (χ1) is 9.66. The van der Waals surface area contributed by atoms with Crippen molar-refractivity contribution in [1.29, 1.82) is 0 Å². The van der Waals surface area contributed by atoms with Gasteiger partial charge in [0, 0.05) is 29.4 Å². The number of rotatable bonds is 1. The number of para-hydroxylation sites is 1. The maximum absolute atomic E-state index is 12.0. The molecular weight excluding hydrogens is 256 g/mol. The normalized spacial score (nSPS) is 24.8. The SMILES string of the molecule is O=C([O-])[C@H]1Cc2c([nH]c3ccccc23)[C@H]2CCC(=O)N12. The van der Waals surface area contributed by atoms with E-state index in [0.29, 0.717) is 19.3 Å². The minimum Gasteiger partial charge on any atom is -0.548 e. The summed E-state index contributed by atoms with van der Waals surface area (Å²) in [6.07, 6.45) is 1.40. The van der Waals surface area contributed by atoms with E-state index in [9.17, 15) is 14.7 Å². The van der Waals surface area contributed by atoms with Gasteiger partial charge < -0.3 is 19.8 Å². The van der Waals surface area contributed by atoms with Crippen molar-refractivity contribution in [3.05, 3.63) is 35.5 Å². The number of H-pyrrole nitrogens is 1. The summed E-state index contributed by atoms with van der Waals surface area (Å²) < 4.78 is 0. The van der Waals surface area contributed by atoms with Crippen LogP contribution in [-0.4, -0.2) is 27.8 Å². The van der Waals surface area contributed by atoms with Crippen molar-refractivity contribution in [3.8, 4) is 0 Å². The molecule has 1 aromatic carbocycles. The molecule has 3 heterocycles. The molecule has 2 aliphatic heterocycles. The first kappa shape index (κ1) is 11.5. The van der Waals surface area contributed by atoms with Crippen LogP contribution in [0.3, 0.4) is 0 Å². The minimum absolute atomic E-state index is 0.0893. The summed E-state index contributed by atoms with van der Waals surface area (Å²) in [5, 5.41) is 12.4. The van der Waals surface area contributed by atoms with E-state index in [1.165, 1.54) is 4.90 Å². The van der Waals surface area contributed by atoms with Gasteiger partial charge in [0.05, 0.1) is 18.1 Å². The summed E-state index contributed by atoms with van der Waals surface area (Å²) in [4.78, 5) is 28.2. The van der Waals surface area contributed by atoms with Gasteiger partial charge in [-0.05, 0) is 18.1 Å². The highest BCUT2D eigenvalue weighted by Crippen LogP contribution is 2.42. The molecule has 0 saturated carbocycles. The Kier molecular flexibility index (Phi) is 2.22. The first-order valence-electron chi connectivity index (χ1n) is 6.78. The second kappa shape index (κ2) is 3.85. The van der Waals surface area contributed by atoms with Crippen molar-refractivity contribution in [3.63, 3.8) is 0 Å². The lowest BCUT2D eigenvalue weighted by Crippen LogP contribution is -2.52. The standard InChI is InChI=1S/C15H14N2O3/c18-13-6-5-11-14-9(7-12(15(19)20)17(11)13)8-3-1-2-4-10(8)16-14/h1-4,11-12,16H,5-7H2,(H,19,20)/p-1/t11-,12-/m1/s1. The van der Waals surface area contributed by atoms with Crippen molar-refractivity contribution in [1.82, 2.24) is 9.88 Å². The Morgan fingerprint density at radius 1 is 1.35 bits per heavy atom. The zero-order valence-electron chi connectivity index (χ0n) is 10.8. The third-order valence-electron chi connectivity index (χ3n) is 4.44. The number of carboxylic acid groups (broad SMARTS) is 1. The van der Waals surface area contributed by atoms with Crippen molar-refractivity contribution in [2.75, 3.05) is 0 Å². The molecule has 1 amide bonds. The number of aromatic nitrogens is 1. The molecule has 0 spiro atoms. The van der Waals surface area contributed by atoms with Crippen LogP contribution in [0.15, 0.2) is 24.3 Å². The minimum atomic E-state index is -1.17. The van der Waals surface area contributed by atoms with Gasteiger partial charge in [-0.15, -0.1) is 0 Å². The zero-order chi connectivity index (χ0) is 13.9. The molecule has 0 unspecified atom stereocenters. The largest absolute Gasteiger partial charge is 0.548 e. The van der Waals surface area contributed by atoms with Gasteiger partial charge >= 0.3 is 0 Å². The van der Waals surface area contributed by atoms with Gasteiger partial charge in [0.25, 0.3) is 0 Å². The maximum Gasteiger partial charge on any atom is 0.223 e. The van der Waals surface area contributed by atoms with Crippen LogP contribution in [0.1, 0.15) is 30.1 Å². The topological polar surface area (TPSA) is 76.2 Å². The van der Waals surface area contributed by atoms with Crippen molar-refractivity contribution < 1.29 is 14.7 Å². The lowest BCUT2D eigenvalue weighted by Gasteiger charge is -2.38. The molecule has 0 aliphatic carbocycles. The summed E-state index contributed by atoms with van der Waals surface area (Å²) in [6.45, 7) is 0. The van der Waals surface area contributed by atoms with Gasteiger partial charge in [-0.25, -0.2) is 0 Å². The number of aromatic amines is 1. The van der Waals surface area contributed by atoms with Gasteiger partial charge in [0.2, 0.25) is 5.91 Å². The maximum atomic E-state index is 12.0. The quantitative estimate of drug-likeness (QED) is 0.819. The van der Waals surface area contributed by atoms with Crippen LogP contribution in [0.25, 0.3) is 10.9 Å². The van der Waals surface area contributed by atoms with Crippen molar-refractivity contribution in [2.45, 2.75) is 31.3 Å². The van der Waals surface area contributed by atoms with Gasteiger partial charge in [-0.3, -0.25) is 4.79 Å². The second-order valence-corrected chi connectivity index (χ2v) is 5.46. The van der Waals surface area contributed by atoms with Crippen LogP contribution < -0.4 is 5.11 Å². The highest BCUT2D eigenvalue weighted by Gasteiger charge is 2.43. The lowest BCUT2D eigenvalue weighted by atomic mass is 9.92. The third-order valence-corrected chi connectivity index (χ3v) is 4.44. The number of benzene rings is 1. The second-order valence-electron chi connectivity index (χ2n) is 5.46. The number of hydrogen-bond donors (Lipinski definition) is 1. The molecule has 20 heavy (non-hydrogen) atoms. The molecule has 102 valence electrons. The number of nitrogens with zero attached hydrogens (tertiary/aromatic N) is 1. The molecule has 2 aromatic rings. The Morgan fingerprint density at radius 3 is 2.95 bits per heavy atom. The average Bonchev–Trinajstić information content (AvgIpc) is 2.99. The fraction of sp³-hybridized carbons (Fsp3) is 0.333. The van der Waals surface area contributed by atoms with E-state index in [4.69, 9.17) is 0 Å². The monoisotopic (exact) mass is 269 g/mol. The lowest BCUT2D eigenvalue weighted by molar-refractivity contribution is -0.312. The highest BCUT2D eigenvalue weighted by molar-refractivity contribution is 5.90. The molecule has 1 aromatic heterocycles. The number of amides is 1. The molecule has 2 aliphatic rings. The van der Waals surface area contributed by atoms with Crippen LogP contribution in [0.2, 0.25) is 0 Å². The third kappa shape index (κ3) is 1.37. The van der Waals surface area contributed by atoms with E-state index >= 15 is 0 Å². The molecular formula is C15H13N2O3-. The molecule has 2 atom stereocenters. The van der Waals surface area contributed by atoms with Crippen LogP contribution in [-0.2, 0) is 16.0 Å². The Balaban J connectivity index is 1.94. The molecule has 1 saturated heterocycles. The van der Waals surface area contributed by atoms with Crippen molar-refractivity contribution >= 4 is 22.8 Å². The fourth-order valence-corrected chi connectivity index (χ4v) is 3.59. The van der Waals surface area contributed by atoms with E-state index in [0.717, 1.165) is 22.2 Å². The number of nitrogens with one attached hydrogen (secondary N) is 1. The van der Waals surface area contributed by atoms with E-state index < -0.39 is 12.0 Å². The molecule has 1 N–H and O–H groups in total. The van der Waals surface area contributed by atoms with Crippen LogP contribution in [0.4, 0.5) is 0 Å². The molecule has 5 heteroatoms. The van der Waals surface area contributed by atoms with Crippen LogP contribution >= 0.6 is 0 Å². The van der Waals surface area contributed by atoms with E-state index in [2.05, 4.69) is 4.98 Å². The summed E-state index contributed by atoms with van der Waals surface area (Å²) in [6, 6.07) is 6.85. The number of hydrogen-bond acceptors (Lipinski definition) is 3. The molecule has 1 fully saturated rings. The number of carboxylic acids is 1. The molecule has 0 bridgehead atoms. The summed E-state index contributed by atoms with van der Waals surface area (Å²) >= 11 is 0. The average molecular weight is 269 g/mol. The van der Waals surface area contributed by atoms with E-state index in [1.54, 1.807) is 0 Å². The Morgan fingerprint density at radius 2 is 2.15 bits per heavy atom. The van der Waals surface area contributed by atoms with Gasteiger partial charge in [0.15, 0.2) is 0 Å². The summed E-state index contributed by atoms with van der Waals surface area (Å²) in [5.41, 5.74) is 3.01. The van der Waals surface area contributed by atoms with Crippen LogP contribution in [0.5, 0.6) is 0 Å². The Bertz CT molecular complexity index is 734. The first-order valence-corrected chi connectivity index (χ1v) is 6.78. The molecule has 5 nitrogen and oxygen atoms in total. The number of carbonyl (C=O) groups excluding carboxylic acids is 2. The Labute approximate surface area is 115 Å². The van der Waals surface area contributed by atoms with Gasteiger partial charge in [0.1, 0.15) is 0 Å². The smallest absolute Gasteiger partial charge is 0.223 e. The van der Waals surface area contributed by atoms with Gasteiger partial charge in [-0.1, -0.05) is 18.2 Å². The van der Waals surface area contributed by atoms with Crippen LogP contribution in [0, 0.1) is 0 Å². The van der Waals surface area contributed by atoms with E-state index in [-0.39, 0.29) is 11.9 Å². The Hall–Kier alpha value is -2.30. The van der Waals surface area contributed by atoms with Crippen molar-refractivity contribution in [2.24, 2.45) is 0 Å². The van der Waals surface area contributed by atoms with Gasteiger partial charge in [-0.2, -0.15) is 0 Å². The highest BCUT2D eigenvalue weighted by atomic mass is 16.4. The number of fused-ring (bicyclic) bond motifs is 5. The molecule has 4 rings (SSSR count). The summed E-state index contributed by atoms with van der Waals surface area (Å²) in [5.74, 6) is -1.25. The number of aliphatic carboxylic acids is 1.